The lowest BCUT2D eigenvalue weighted by molar-refractivity contribution is 0.110. The van der Waals surface area contributed by atoms with Crippen LogP contribution >= 0.6 is 0 Å². The molecule has 1 aromatic rings. The van der Waals surface area contributed by atoms with Crippen molar-refractivity contribution in [3.63, 3.8) is 0 Å². The van der Waals surface area contributed by atoms with Gasteiger partial charge < -0.3 is 5.11 Å². The van der Waals surface area contributed by atoms with Gasteiger partial charge in [0.25, 0.3) is 0 Å². The lowest BCUT2D eigenvalue weighted by Gasteiger charge is -2.21. The maximum Gasteiger partial charge on any atom is 0.105 e. The molecule has 0 aliphatic rings. The van der Waals surface area contributed by atoms with Gasteiger partial charge in [-0.05, 0) is 51.3 Å². The summed E-state index contributed by atoms with van der Waals surface area (Å²) >= 11 is 0. The monoisotopic (exact) mass is 204 g/mol. The van der Waals surface area contributed by atoms with E-state index in [2.05, 4.69) is 26.0 Å². The zero-order valence-corrected chi connectivity index (χ0v) is 10.3. The van der Waals surface area contributed by atoms with Crippen molar-refractivity contribution in [2.24, 2.45) is 0 Å². The third-order valence-electron chi connectivity index (χ3n) is 2.66. The Labute approximate surface area is 92.5 Å². The van der Waals surface area contributed by atoms with Crippen LogP contribution in [0.5, 0.6) is 0 Å². The summed E-state index contributed by atoms with van der Waals surface area (Å²) in [6.07, 6.45) is 1.89. The van der Waals surface area contributed by atoms with E-state index < -0.39 is 5.60 Å². The van der Waals surface area contributed by atoms with Crippen molar-refractivity contribution >= 4 is 0 Å². The molecular weight excluding hydrogens is 184 g/mol. The van der Waals surface area contributed by atoms with Crippen LogP contribution in [0.2, 0.25) is 0 Å². The van der Waals surface area contributed by atoms with Gasteiger partial charge in [0.05, 0.1) is 0 Å². The van der Waals surface area contributed by atoms with Gasteiger partial charge in [-0.2, -0.15) is 0 Å². The number of hydrogen-bond acceptors (Lipinski definition) is 1. The molecule has 1 rings (SSSR count). The molecule has 0 amide bonds. The Morgan fingerprint density at radius 3 is 2.27 bits per heavy atom. The first kappa shape index (κ1) is 12.0. The van der Waals surface area contributed by atoms with Gasteiger partial charge in [-0.3, -0.25) is 0 Å². The van der Waals surface area contributed by atoms with Crippen LogP contribution in [0.25, 0.3) is 0 Å². The summed E-state index contributed by atoms with van der Waals surface area (Å²) in [5.41, 5.74) is 3.68. The van der Waals surface area contributed by atoms with Crippen molar-refractivity contribution in [2.45, 2.75) is 40.2 Å². The zero-order chi connectivity index (χ0) is 11.6. The highest BCUT2D eigenvalue weighted by Crippen LogP contribution is 2.25. The average molecular weight is 204 g/mol. The van der Waals surface area contributed by atoms with Crippen LogP contribution in [0.3, 0.4) is 0 Å². The first-order valence-electron chi connectivity index (χ1n) is 5.29. The summed E-state index contributed by atoms with van der Waals surface area (Å²) in [4.78, 5) is 0. The molecule has 0 aliphatic heterocycles. The molecule has 0 radical (unpaired) electrons. The van der Waals surface area contributed by atoms with Crippen LogP contribution in [0.15, 0.2) is 29.8 Å². The summed E-state index contributed by atoms with van der Waals surface area (Å²) in [6.45, 7) is 9.96. The predicted octanol–water partition coefficient (Wildman–Crippen LogP) is 3.48. The van der Waals surface area contributed by atoms with Crippen LogP contribution in [-0.2, 0) is 5.60 Å². The number of hydrogen-bond donors (Lipinski definition) is 1. The fraction of sp³-hybridized carbons (Fsp3) is 0.429. The van der Waals surface area contributed by atoms with Gasteiger partial charge in [0.15, 0.2) is 0 Å². The minimum atomic E-state index is -0.864. The molecule has 1 heteroatoms. The van der Waals surface area contributed by atoms with E-state index in [-0.39, 0.29) is 0 Å². The summed E-state index contributed by atoms with van der Waals surface area (Å²) in [7, 11) is 0. The fourth-order valence-corrected chi connectivity index (χ4v) is 1.70. The number of aliphatic hydroxyl groups is 1. The zero-order valence-electron chi connectivity index (χ0n) is 10.3. The molecule has 0 aromatic heterocycles. The standard InChI is InChI=1S/C14H20O/c1-10(2)9-14(5,15)13-7-6-11(3)12(4)8-13/h6-9,15H,1-5H3. The van der Waals surface area contributed by atoms with E-state index in [1.165, 1.54) is 11.1 Å². The summed E-state index contributed by atoms with van der Waals surface area (Å²) in [5.74, 6) is 0. The number of rotatable bonds is 2. The first-order chi connectivity index (χ1) is 6.83. The van der Waals surface area contributed by atoms with Crippen molar-refractivity contribution < 1.29 is 5.11 Å². The molecule has 0 saturated heterocycles. The Morgan fingerprint density at radius 2 is 1.80 bits per heavy atom. The number of aryl methyl sites for hydroxylation is 2. The van der Waals surface area contributed by atoms with E-state index in [4.69, 9.17) is 0 Å². The molecule has 1 N–H and O–H groups in total. The highest BCUT2D eigenvalue weighted by molar-refractivity contribution is 5.35. The minimum absolute atomic E-state index is 0.864. The third-order valence-corrected chi connectivity index (χ3v) is 2.66. The molecule has 0 spiro atoms. The smallest absolute Gasteiger partial charge is 0.105 e. The van der Waals surface area contributed by atoms with Crippen molar-refractivity contribution in [3.8, 4) is 0 Å². The summed E-state index contributed by atoms with van der Waals surface area (Å²) in [5, 5.41) is 10.3. The van der Waals surface area contributed by atoms with Gasteiger partial charge in [-0.15, -0.1) is 0 Å². The van der Waals surface area contributed by atoms with Crippen LogP contribution in [0, 0.1) is 13.8 Å². The van der Waals surface area contributed by atoms with Crippen molar-refractivity contribution in [1.29, 1.82) is 0 Å². The van der Waals surface area contributed by atoms with Gasteiger partial charge in [-0.1, -0.05) is 29.8 Å². The molecule has 0 fully saturated rings. The summed E-state index contributed by atoms with van der Waals surface area (Å²) < 4.78 is 0. The fourth-order valence-electron chi connectivity index (χ4n) is 1.70. The van der Waals surface area contributed by atoms with E-state index in [1.54, 1.807) is 0 Å². The third kappa shape index (κ3) is 2.93. The Balaban J connectivity index is 3.16. The van der Waals surface area contributed by atoms with Gasteiger partial charge in [0.1, 0.15) is 5.60 Å². The minimum Gasteiger partial charge on any atom is -0.381 e. The van der Waals surface area contributed by atoms with E-state index in [0.29, 0.717) is 0 Å². The van der Waals surface area contributed by atoms with Gasteiger partial charge in [-0.25, -0.2) is 0 Å². The van der Waals surface area contributed by atoms with Gasteiger partial charge in [0.2, 0.25) is 0 Å². The Bertz CT molecular complexity index is 382. The summed E-state index contributed by atoms with van der Waals surface area (Å²) in [6, 6.07) is 6.09. The lowest BCUT2D eigenvalue weighted by atomic mass is 9.91. The van der Waals surface area contributed by atoms with Crippen LogP contribution in [-0.4, -0.2) is 5.11 Å². The van der Waals surface area contributed by atoms with E-state index in [1.807, 2.05) is 32.9 Å². The van der Waals surface area contributed by atoms with Crippen molar-refractivity contribution in [1.82, 2.24) is 0 Å². The second-order valence-corrected chi connectivity index (χ2v) is 4.67. The molecule has 1 atom stereocenters. The average Bonchev–Trinajstić information content (AvgIpc) is 2.07. The van der Waals surface area contributed by atoms with Crippen LogP contribution in [0.1, 0.15) is 37.5 Å². The van der Waals surface area contributed by atoms with Crippen LogP contribution in [0.4, 0.5) is 0 Å². The largest absolute Gasteiger partial charge is 0.381 e. The van der Waals surface area contributed by atoms with E-state index in [9.17, 15) is 5.11 Å². The molecule has 0 heterocycles. The maximum absolute atomic E-state index is 10.3. The molecule has 0 saturated carbocycles. The second-order valence-electron chi connectivity index (χ2n) is 4.67. The SMILES string of the molecule is CC(C)=CC(C)(O)c1ccc(C)c(C)c1. The highest BCUT2D eigenvalue weighted by Gasteiger charge is 2.19. The van der Waals surface area contributed by atoms with E-state index >= 15 is 0 Å². The van der Waals surface area contributed by atoms with Crippen molar-refractivity contribution in [3.05, 3.63) is 46.5 Å². The number of allylic oxidation sites excluding steroid dienone is 1. The topological polar surface area (TPSA) is 20.2 Å². The normalized spacial score (nSPS) is 14.5. The highest BCUT2D eigenvalue weighted by atomic mass is 16.3. The number of benzene rings is 1. The quantitative estimate of drug-likeness (QED) is 0.731. The molecule has 1 aromatic carbocycles. The second kappa shape index (κ2) is 4.19. The Hall–Kier alpha value is -1.08. The molecule has 82 valence electrons. The molecule has 1 unspecified atom stereocenters. The molecular formula is C14H20O. The maximum atomic E-state index is 10.3. The Morgan fingerprint density at radius 1 is 1.20 bits per heavy atom. The predicted molar refractivity (Wildman–Crippen MR) is 64.9 cm³/mol. The Kier molecular flexibility index (Phi) is 3.35. The lowest BCUT2D eigenvalue weighted by Crippen LogP contribution is -2.18. The molecule has 0 bridgehead atoms. The first-order valence-corrected chi connectivity index (χ1v) is 5.29. The van der Waals surface area contributed by atoms with Gasteiger partial charge >= 0.3 is 0 Å². The molecule has 0 aliphatic carbocycles. The van der Waals surface area contributed by atoms with Crippen molar-refractivity contribution in [2.75, 3.05) is 0 Å². The molecule has 1 nitrogen and oxygen atoms in total. The van der Waals surface area contributed by atoms with Crippen LogP contribution < -0.4 is 0 Å². The molecule has 15 heavy (non-hydrogen) atoms. The van der Waals surface area contributed by atoms with Gasteiger partial charge in [0, 0.05) is 0 Å². The van der Waals surface area contributed by atoms with E-state index in [0.717, 1.165) is 11.1 Å².